The van der Waals surface area contributed by atoms with Crippen LogP contribution in [-0.2, 0) is 4.79 Å². The largest absolute Gasteiger partial charge is 0.484 e. The van der Waals surface area contributed by atoms with E-state index in [1.165, 1.54) is 6.39 Å². The quantitative estimate of drug-likeness (QED) is 0.883. The minimum absolute atomic E-state index is 0.0116. The number of fused-ring (bicyclic) bond motifs is 1. The number of oxazole rings is 1. The van der Waals surface area contributed by atoms with E-state index in [0.29, 0.717) is 29.7 Å². The molecule has 2 amide bonds. The average molecular weight is 355 g/mol. The predicted octanol–water partition coefficient (Wildman–Crippen LogP) is 1.74. The lowest BCUT2D eigenvalue weighted by Crippen LogP contribution is -2.42. The number of rotatable bonds is 5. The summed E-state index contributed by atoms with van der Waals surface area (Å²) in [5, 5.41) is 2.58. The number of aromatic nitrogens is 1. The first kappa shape index (κ1) is 16.6. The first-order valence-electron chi connectivity index (χ1n) is 8.73. The fourth-order valence-corrected chi connectivity index (χ4v) is 3.94. The smallest absolute Gasteiger partial charge is 0.273 e. The molecule has 1 saturated carbocycles. The maximum atomic E-state index is 12.6. The molecular formula is C19H21N3O4. The maximum Gasteiger partial charge on any atom is 0.273 e. The molecule has 1 aromatic carbocycles. The topological polar surface area (TPSA) is 84.7 Å². The van der Waals surface area contributed by atoms with Crippen molar-refractivity contribution in [3.8, 4) is 5.75 Å². The molecule has 3 aliphatic rings. The van der Waals surface area contributed by atoms with E-state index >= 15 is 0 Å². The van der Waals surface area contributed by atoms with Crippen LogP contribution in [0.25, 0.3) is 0 Å². The summed E-state index contributed by atoms with van der Waals surface area (Å²) in [7, 11) is 1.56. The zero-order valence-electron chi connectivity index (χ0n) is 14.8. The number of hydrogen-bond donors (Lipinski definition) is 1. The van der Waals surface area contributed by atoms with Crippen LogP contribution in [0.4, 0.5) is 0 Å². The van der Waals surface area contributed by atoms with Gasteiger partial charge in [-0.15, -0.1) is 0 Å². The van der Waals surface area contributed by atoms with Crippen LogP contribution >= 0.6 is 0 Å². The van der Waals surface area contributed by atoms with Gasteiger partial charge in [0.25, 0.3) is 11.8 Å². The molecule has 3 heterocycles. The highest BCUT2D eigenvalue weighted by molar-refractivity contribution is 5.93. The third kappa shape index (κ3) is 2.73. The van der Waals surface area contributed by atoms with Crippen LogP contribution in [0, 0.1) is 12.8 Å². The molecular weight excluding hydrogens is 334 g/mol. The van der Waals surface area contributed by atoms with Gasteiger partial charge in [0.15, 0.2) is 18.7 Å². The van der Waals surface area contributed by atoms with Crippen LogP contribution in [0.1, 0.15) is 34.2 Å². The van der Waals surface area contributed by atoms with Crippen molar-refractivity contribution < 1.29 is 18.7 Å². The summed E-state index contributed by atoms with van der Waals surface area (Å²) in [6.45, 7) is 2.68. The Hall–Kier alpha value is -2.83. The molecule has 2 aromatic rings. The maximum absolute atomic E-state index is 12.6. The summed E-state index contributed by atoms with van der Waals surface area (Å²) in [5.41, 5.74) is 1.46. The van der Waals surface area contributed by atoms with Crippen molar-refractivity contribution in [2.24, 2.45) is 5.92 Å². The van der Waals surface area contributed by atoms with E-state index in [9.17, 15) is 9.59 Å². The van der Waals surface area contributed by atoms with Crippen molar-refractivity contribution >= 4 is 11.8 Å². The number of carbonyl (C=O) groups excluding carboxylic acids is 2. The number of hydrogen-bond acceptors (Lipinski definition) is 5. The lowest BCUT2D eigenvalue weighted by Gasteiger charge is -2.35. The number of aryl methyl sites for hydroxylation is 1. The molecule has 5 rings (SSSR count). The van der Waals surface area contributed by atoms with Gasteiger partial charge in [0.2, 0.25) is 0 Å². The Bertz CT molecular complexity index is 830. The molecule has 1 N–H and O–H groups in total. The van der Waals surface area contributed by atoms with Gasteiger partial charge in [-0.2, -0.15) is 0 Å². The van der Waals surface area contributed by atoms with Gasteiger partial charge in [0.05, 0.1) is 0 Å². The lowest BCUT2D eigenvalue weighted by molar-refractivity contribution is -0.133. The van der Waals surface area contributed by atoms with Gasteiger partial charge in [0.1, 0.15) is 11.5 Å². The lowest BCUT2D eigenvalue weighted by atomic mass is 9.72. The highest BCUT2D eigenvalue weighted by Gasteiger charge is 2.56. The van der Waals surface area contributed by atoms with Gasteiger partial charge in [-0.1, -0.05) is 17.7 Å². The van der Waals surface area contributed by atoms with Gasteiger partial charge in [-0.05, 0) is 31.4 Å². The van der Waals surface area contributed by atoms with Crippen LogP contribution in [0.15, 0.2) is 35.1 Å². The Balaban J connectivity index is 1.41. The Labute approximate surface area is 151 Å². The van der Waals surface area contributed by atoms with Crippen molar-refractivity contribution in [2.45, 2.75) is 25.3 Å². The fourth-order valence-electron chi connectivity index (χ4n) is 3.94. The minimum Gasteiger partial charge on any atom is -0.484 e. The fraction of sp³-hybridized carbons (Fsp3) is 0.421. The summed E-state index contributed by atoms with van der Waals surface area (Å²) in [4.78, 5) is 30.4. The minimum atomic E-state index is -0.263. The van der Waals surface area contributed by atoms with Crippen LogP contribution in [0.2, 0.25) is 0 Å². The Morgan fingerprint density at radius 2 is 2.12 bits per heavy atom. The van der Waals surface area contributed by atoms with E-state index in [4.69, 9.17) is 9.15 Å². The molecule has 136 valence electrons. The van der Waals surface area contributed by atoms with Gasteiger partial charge in [0, 0.05) is 25.6 Å². The van der Waals surface area contributed by atoms with Gasteiger partial charge in [-0.25, -0.2) is 4.98 Å². The molecule has 1 aromatic heterocycles. The number of carbonyl (C=O) groups is 2. The first-order chi connectivity index (χ1) is 12.6. The van der Waals surface area contributed by atoms with Crippen molar-refractivity contribution in [3.05, 3.63) is 47.7 Å². The van der Waals surface area contributed by atoms with Crippen molar-refractivity contribution in [3.63, 3.8) is 0 Å². The highest BCUT2D eigenvalue weighted by atomic mass is 16.5. The second-order valence-corrected chi connectivity index (χ2v) is 6.88. The summed E-state index contributed by atoms with van der Waals surface area (Å²) in [6, 6.07) is 7.67. The molecule has 3 unspecified atom stereocenters. The molecule has 0 radical (unpaired) electrons. The normalized spacial score (nSPS) is 23.5. The zero-order chi connectivity index (χ0) is 18.3. The third-order valence-corrected chi connectivity index (χ3v) is 5.34. The first-order valence-corrected chi connectivity index (χ1v) is 8.73. The average Bonchev–Trinajstić information content (AvgIpc) is 3.35. The number of ether oxygens (including phenoxy) is 1. The molecule has 26 heavy (non-hydrogen) atoms. The monoisotopic (exact) mass is 355 g/mol. The number of nitrogens with zero attached hydrogens (tertiary/aromatic N) is 2. The molecule has 7 heteroatoms. The molecule has 3 atom stereocenters. The van der Waals surface area contributed by atoms with E-state index in [1.807, 2.05) is 36.1 Å². The molecule has 2 bridgehead atoms. The van der Waals surface area contributed by atoms with Crippen molar-refractivity contribution in [2.75, 3.05) is 20.2 Å². The number of benzene rings is 1. The molecule has 1 aliphatic carbocycles. The van der Waals surface area contributed by atoms with E-state index in [1.54, 1.807) is 7.05 Å². The molecule has 0 spiro atoms. The summed E-state index contributed by atoms with van der Waals surface area (Å²) < 4.78 is 11.1. The third-order valence-electron chi connectivity index (χ3n) is 5.34. The summed E-state index contributed by atoms with van der Waals surface area (Å²) in [6.07, 6.45) is 2.22. The molecule has 3 fully saturated rings. The summed E-state index contributed by atoms with van der Waals surface area (Å²) in [5.74, 6) is 1.31. The second-order valence-electron chi connectivity index (χ2n) is 6.88. The standard InChI is InChI=1S/C19H21N3O4/c1-11-3-5-13(6-4-11)25-9-15(23)22-8-12-7-14(22)16(12)18-17(19(24)20-2)21-10-26-18/h3-6,10,12,14,16H,7-9H2,1-2H3,(H,20,24). The van der Waals surface area contributed by atoms with Crippen molar-refractivity contribution in [1.82, 2.24) is 15.2 Å². The highest BCUT2D eigenvalue weighted by Crippen LogP contribution is 2.52. The van der Waals surface area contributed by atoms with Crippen LogP contribution in [0.3, 0.4) is 0 Å². The van der Waals surface area contributed by atoms with Crippen LogP contribution < -0.4 is 10.1 Å². The number of nitrogens with one attached hydrogen (secondary N) is 1. The van der Waals surface area contributed by atoms with Crippen LogP contribution in [0.5, 0.6) is 5.75 Å². The van der Waals surface area contributed by atoms with E-state index in [-0.39, 0.29) is 30.4 Å². The molecule has 2 saturated heterocycles. The van der Waals surface area contributed by atoms with E-state index in [2.05, 4.69) is 10.3 Å². The Morgan fingerprint density at radius 1 is 1.35 bits per heavy atom. The van der Waals surface area contributed by atoms with E-state index < -0.39 is 0 Å². The van der Waals surface area contributed by atoms with Crippen LogP contribution in [-0.4, -0.2) is 47.9 Å². The van der Waals surface area contributed by atoms with Gasteiger partial charge in [-0.3, -0.25) is 9.59 Å². The predicted molar refractivity (Wildman–Crippen MR) is 92.9 cm³/mol. The second kappa shape index (κ2) is 6.48. The summed E-state index contributed by atoms with van der Waals surface area (Å²) >= 11 is 0. The molecule has 7 nitrogen and oxygen atoms in total. The van der Waals surface area contributed by atoms with E-state index in [0.717, 1.165) is 12.0 Å². The zero-order valence-corrected chi connectivity index (χ0v) is 14.8. The van der Waals surface area contributed by atoms with Gasteiger partial charge < -0.3 is 19.4 Å². The Morgan fingerprint density at radius 3 is 2.85 bits per heavy atom. The number of amides is 2. The molecule has 2 aliphatic heterocycles. The SMILES string of the molecule is CNC(=O)c1ncoc1C1C2CC1N(C(=O)COc1ccc(C)cc1)C2. The Kier molecular flexibility index (Phi) is 4.14. The van der Waals surface area contributed by atoms with Gasteiger partial charge >= 0.3 is 0 Å². The van der Waals surface area contributed by atoms with Crippen molar-refractivity contribution in [1.29, 1.82) is 0 Å².